The molecule has 1 heterocycles. The van der Waals surface area contributed by atoms with E-state index < -0.39 is 0 Å². The molecule has 1 aromatic rings. The fourth-order valence-corrected chi connectivity index (χ4v) is 2.88. The Bertz CT molecular complexity index is 602. The van der Waals surface area contributed by atoms with Gasteiger partial charge in [0.25, 0.3) is 0 Å². The number of nitrogens with zero attached hydrogens (tertiary/aromatic N) is 2. The summed E-state index contributed by atoms with van der Waals surface area (Å²) in [6.07, 6.45) is 2.13. The van der Waals surface area contributed by atoms with E-state index in [0.29, 0.717) is 13.0 Å². The van der Waals surface area contributed by atoms with E-state index in [2.05, 4.69) is 32.9 Å². The summed E-state index contributed by atoms with van der Waals surface area (Å²) < 4.78 is 5.18. The second-order valence-corrected chi connectivity index (χ2v) is 7.78. The Morgan fingerprint density at radius 1 is 1.32 bits per heavy atom. The smallest absolute Gasteiger partial charge is 0.223 e. The first kappa shape index (κ1) is 19.3. The number of rotatable bonds is 7. The number of hydrogen-bond donors (Lipinski definition) is 0. The molecule has 0 unspecified atom stereocenters. The normalized spacial score (nSPS) is 17.0. The van der Waals surface area contributed by atoms with Crippen LogP contribution in [0, 0.1) is 5.41 Å². The summed E-state index contributed by atoms with van der Waals surface area (Å²) in [5.41, 5.74) is 1.95. The van der Waals surface area contributed by atoms with Crippen molar-refractivity contribution in [1.82, 2.24) is 4.90 Å². The molecule has 2 rings (SSSR count). The zero-order valence-electron chi connectivity index (χ0n) is 16.0. The zero-order valence-corrected chi connectivity index (χ0v) is 16.0. The van der Waals surface area contributed by atoms with Crippen molar-refractivity contribution >= 4 is 11.6 Å². The molecule has 5 nitrogen and oxygen atoms in total. The molecule has 1 aliphatic heterocycles. The van der Waals surface area contributed by atoms with Crippen LogP contribution in [0.2, 0.25) is 0 Å². The molecule has 0 saturated heterocycles. The minimum absolute atomic E-state index is 0.00956. The van der Waals surface area contributed by atoms with Gasteiger partial charge in [-0.3, -0.25) is 4.79 Å². The van der Waals surface area contributed by atoms with E-state index in [-0.39, 0.29) is 17.4 Å². The molecule has 138 valence electrons. The minimum Gasteiger partial charge on any atom is -0.497 e. The highest BCUT2D eigenvalue weighted by atomic mass is 16.6. The Balaban J connectivity index is 1.94. The molecule has 0 spiro atoms. The number of oxime groups is 1. The monoisotopic (exact) mass is 346 g/mol. The van der Waals surface area contributed by atoms with E-state index in [1.54, 1.807) is 7.11 Å². The third-order valence-corrected chi connectivity index (χ3v) is 4.11. The van der Waals surface area contributed by atoms with Crippen molar-refractivity contribution in [3.05, 3.63) is 29.8 Å². The van der Waals surface area contributed by atoms with E-state index in [9.17, 15) is 4.79 Å². The van der Waals surface area contributed by atoms with Gasteiger partial charge >= 0.3 is 0 Å². The molecule has 0 fully saturated rings. The molecule has 0 N–H and O–H groups in total. The second kappa shape index (κ2) is 8.37. The Kier molecular flexibility index (Phi) is 6.45. The summed E-state index contributed by atoms with van der Waals surface area (Å²) in [5, 5.41) is 4.23. The van der Waals surface area contributed by atoms with Gasteiger partial charge in [-0.25, -0.2) is 0 Å². The largest absolute Gasteiger partial charge is 0.497 e. The molecule has 0 radical (unpaired) electrons. The van der Waals surface area contributed by atoms with Gasteiger partial charge in [0.05, 0.1) is 19.4 Å². The molecule has 0 saturated carbocycles. The maximum Gasteiger partial charge on any atom is 0.223 e. The van der Waals surface area contributed by atoms with Gasteiger partial charge in [0.1, 0.15) is 5.75 Å². The van der Waals surface area contributed by atoms with Crippen molar-refractivity contribution in [2.75, 3.05) is 20.2 Å². The first-order valence-electron chi connectivity index (χ1n) is 8.97. The van der Waals surface area contributed by atoms with Crippen molar-refractivity contribution < 1.29 is 14.4 Å². The SMILES string of the molecule is CCCN(C[C@@H]1CC(c2ccc(OC)cc2)=NO1)C(=O)CC(C)(C)C. The molecule has 1 atom stereocenters. The van der Waals surface area contributed by atoms with Crippen LogP contribution in [-0.2, 0) is 9.63 Å². The Labute approximate surface area is 151 Å². The van der Waals surface area contributed by atoms with Crippen LogP contribution in [0.3, 0.4) is 0 Å². The molecule has 1 aliphatic rings. The molecule has 0 bridgehead atoms. The third-order valence-electron chi connectivity index (χ3n) is 4.11. The van der Waals surface area contributed by atoms with Gasteiger partial charge in [-0.15, -0.1) is 0 Å². The highest BCUT2D eigenvalue weighted by Gasteiger charge is 2.28. The lowest BCUT2D eigenvalue weighted by Gasteiger charge is -2.27. The number of carbonyl (C=O) groups excluding carboxylic acids is 1. The average Bonchev–Trinajstić information content (AvgIpc) is 3.01. The van der Waals surface area contributed by atoms with Gasteiger partial charge in [0.15, 0.2) is 6.10 Å². The van der Waals surface area contributed by atoms with Gasteiger partial charge in [-0.05, 0) is 41.7 Å². The lowest BCUT2D eigenvalue weighted by molar-refractivity contribution is -0.134. The number of methoxy groups -OCH3 is 1. The molecule has 0 aliphatic carbocycles. The number of ether oxygens (including phenoxy) is 1. The molecular weight excluding hydrogens is 316 g/mol. The molecule has 1 amide bonds. The first-order chi connectivity index (χ1) is 11.8. The van der Waals surface area contributed by atoms with Crippen molar-refractivity contribution in [2.24, 2.45) is 10.6 Å². The summed E-state index contributed by atoms with van der Waals surface area (Å²) in [6, 6.07) is 7.80. The average molecular weight is 346 g/mol. The topological polar surface area (TPSA) is 51.1 Å². The van der Waals surface area contributed by atoms with E-state index in [4.69, 9.17) is 9.57 Å². The molecule has 25 heavy (non-hydrogen) atoms. The van der Waals surface area contributed by atoms with E-state index >= 15 is 0 Å². The van der Waals surface area contributed by atoms with Crippen LogP contribution in [0.25, 0.3) is 0 Å². The second-order valence-electron chi connectivity index (χ2n) is 7.78. The van der Waals surface area contributed by atoms with Crippen LogP contribution in [-0.4, -0.2) is 42.8 Å². The van der Waals surface area contributed by atoms with E-state index in [1.807, 2.05) is 29.2 Å². The standard InChI is InChI=1S/C20H30N2O3/c1-6-11-22(19(23)13-20(2,3)4)14-17-12-18(21-25-17)15-7-9-16(24-5)10-8-15/h7-10,17H,6,11-14H2,1-5H3/t17-/m0/s1. The number of carbonyl (C=O) groups is 1. The van der Waals surface area contributed by atoms with Crippen LogP contribution >= 0.6 is 0 Å². The Morgan fingerprint density at radius 2 is 2.00 bits per heavy atom. The van der Waals surface area contributed by atoms with E-state index in [1.165, 1.54) is 0 Å². The quantitative estimate of drug-likeness (QED) is 0.753. The summed E-state index contributed by atoms with van der Waals surface area (Å²) in [6.45, 7) is 9.70. The maximum atomic E-state index is 12.6. The predicted octanol–water partition coefficient (Wildman–Crippen LogP) is 3.86. The van der Waals surface area contributed by atoms with Crippen molar-refractivity contribution in [3.8, 4) is 5.75 Å². The molecule has 0 aromatic heterocycles. The van der Waals surface area contributed by atoms with Crippen LogP contribution in [0.5, 0.6) is 5.75 Å². The maximum absolute atomic E-state index is 12.6. The van der Waals surface area contributed by atoms with Crippen LogP contribution < -0.4 is 4.74 Å². The Hall–Kier alpha value is -2.04. The summed E-state index contributed by atoms with van der Waals surface area (Å²) in [7, 11) is 1.65. The first-order valence-corrected chi connectivity index (χ1v) is 8.97. The fourth-order valence-electron chi connectivity index (χ4n) is 2.88. The lowest BCUT2D eigenvalue weighted by Crippen LogP contribution is -2.39. The van der Waals surface area contributed by atoms with Crippen LogP contribution in [0.1, 0.15) is 52.5 Å². The molecule has 5 heteroatoms. The third kappa shape index (κ3) is 5.76. The van der Waals surface area contributed by atoms with Crippen LogP contribution in [0.4, 0.5) is 0 Å². The number of amides is 1. The summed E-state index contributed by atoms with van der Waals surface area (Å²) in [4.78, 5) is 20.1. The number of hydrogen-bond acceptors (Lipinski definition) is 4. The lowest BCUT2D eigenvalue weighted by atomic mass is 9.91. The predicted molar refractivity (Wildman–Crippen MR) is 100.0 cm³/mol. The summed E-state index contributed by atoms with van der Waals surface area (Å²) >= 11 is 0. The van der Waals surface area contributed by atoms with Gasteiger partial charge in [-0.1, -0.05) is 32.9 Å². The van der Waals surface area contributed by atoms with Gasteiger partial charge in [-0.2, -0.15) is 0 Å². The van der Waals surface area contributed by atoms with Crippen molar-refractivity contribution in [1.29, 1.82) is 0 Å². The molecule has 1 aromatic carbocycles. The van der Waals surface area contributed by atoms with Gasteiger partial charge in [0, 0.05) is 19.4 Å². The fraction of sp³-hybridized carbons (Fsp3) is 0.600. The van der Waals surface area contributed by atoms with Gasteiger partial charge in [0.2, 0.25) is 5.91 Å². The van der Waals surface area contributed by atoms with Gasteiger partial charge < -0.3 is 14.5 Å². The molecular formula is C20H30N2O3. The van der Waals surface area contributed by atoms with Crippen molar-refractivity contribution in [2.45, 2.75) is 53.1 Å². The Morgan fingerprint density at radius 3 is 2.56 bits per heavy atom. The zero-order chi connectivity index (χ0) is 18.4. The van der Waals surface area contributed by atoms with Crippen LogP contribution in [0.15, 0.2) is 29.4 Å². The summed E-state index contributed by atoms with van der Waals surface area (Å²) in [5.74, 6) is 1.01. The highest BCUT2D eigenvalue weighted by molar-refractivity contribution is 6.01. The van der Waals surface area contributed by atoms with Crippen molar-refractivity contribution in [3.63, 3.8) is 0 Å². The van der Waals surface area contributed by atoms with E-state index in [0.717, 1.165) is 36.4 Å². The number of benzene rings is 1. The minimum atomic E-state index is -0.0763. The highest BCUT2D eigenvalue weighted by Crippen LogP contribution is 2.23.